The molecule has 0 saturated carbocycles. The minimum absolute atomic E-state index is 0.678. The van der Waals surface area contributed by atoms with Crippen LogP contribution < -0.4 is 4.74 Å². The number of benzene rings is 1. The minimum atomic E-state index is 0.678. The molecule has 0 atom stereocenters. The average molecular weight is 188 g/mol. The maximum absolute atomic E-state index is 5.63. The molecule has 0 fully saturated rings. The standard InChI is InChI=1S/C13H16O/c1-3-5-8-11-14-13-10-7-6-9-12(13)4-2/h6-7,9-10H,4,8,11H2,1-2H3. The van der Waals surface area contributed by atoms with Gasteiger partial charge >= 0.3 is 0 Å². The number of hydrogen-bond donors (Lipinski definition) is 0. The van der Waals surface area contributed by atoms with Crippen molar-refractivity contribution in [1.82, 2.24) is 0 Å². The quantitative estimate of drug-likeness (QED) is 0.521. The first kappa shape index (κ1) is 10.7. The van der Waals surface area contributed by atoms with Crippen LogP contribution in [0.1, 0.15) is 25.8 Å². The Balaban J connectivity index is 2.51. The van der Waals surface area contributed by atoms with E-state index in [9.17, 15) is 0 Å². The number of aryl methyl sites for hydroxylation is 1. The first-order valence-corrected chi connectivity index (χ1v) is 4.98. The van der Waals surface area contributed by atoms with E-state index in [1.165, 1.54) is 5.56 Å². The summed E-state index contributed by atoms with van der Waals surface area (Å²) in [6.45, 7) is 4.66. The molecular weight excluding hydrogens is 172 g/mol. The molecule has 1 aromatic rings. The second-order valence-electron chi connectivity index (χ2n) is 2.99. The Morgan fingerprint density at radius 3 is 2.79 bits per heavy atom. The van der Waals surface area contributed by atoms with Gasteiger partial charge in [0, 0.05) is 6.42 Å². The molecule has 0 radical (unpaired) electrons. The summed E-state index contributed by atoms with van der Waals surface area (Å²) in [5.74, 6) is 6.83. The van der Waals surface area contributed by atoms with E-state index in [2.05, 4.69) is 24.8 Å². The van der Waals surface area contributed by atoms with Crippen molar-refractivity contribution in [2.75, 3.05) is 6.61 Å². The van der Waals surface area contributed by atoms with Crippen molar-refractivity contribution in [2.45, 2.75) is 26.7 Å². The molecule has 1 nitrogen and oxygen atoms in total. The Hall–Kier alpha value is -1.42. The zero-order chi connectivity index (χ0) is 10.2. The molecule has 0 heterocycles. The molecule has 0 bridgehead atoms. The molecule has 74 valence electrons. The molecule has 0 aliphatic rings. The van der Waals surface area contributed by atoms with Crippen molar-refractivity contribution in [3.05, 3.63) is 29.8 Å². The molecule has 1 aromatic carbocycles. The number of ether oxygens (including phenoxy) is 1. The van der Waals surface area contributed by atoms with Gasteiger partial charge in [-0.05, 0) is 25.0 Å². The Bertz CT molecular complexity index is 331. The fourth-order valence-electron chi connectivity index (χ4n) is 1.27. The summed E-state index contributed by atoms with van der Waals surface area (Å²) in [4.78, 5) is 0. The van der Waals surface area contributed by atoms with E-state index in [4.69, 9.17) is 4.74 Å². The highest BCUT2D eigenvalue weighted by Crippen LogP contribution is 2.18. The highest BCUT2D eigenvalue weighted by molar-refractivity contribution is 5.33. The Kier molecular flexibility index (Phi) is 4.64. The molecule has 0 aromatic heterocycles. The number of para-hydroxylation sites is 1. The van der Waals surface area contributed by atoms with Crippen LogP contribution in [-0.2, 0) is 6.42 Å². The third-order valence-electron chi connectivity index (χ3n) is 2.01. The van der Waals surface area contributed by atoms with E-state index in [0.717, 1.165) is 18.6 Å². The van der Waals surface area contributed by atoms with Gasteiger partial charge < -0.3 is 4.74 Å². The van der Waals surface area contributed by atoms with Crippen LogP contribution in [0.3, 0.4) is 0 Å². The van der Waals surface area contributed by atoms with Gasteiger partial charge in [-0.1, -0.05) is 25.1 Å². The third-order valence-corrected chi connectivity index (χ3v) is 2.01. The van der Waals surface area contributed by atoms with Crippen molar-refractivity contribution in [1.29, 1.82) is 0 Å². The van der Waals surface area contributed by atoms with E-state index in [1.54, 1.807) is 0 Å². The van der Waals surface area contributed by atoms with E-state index in [1.807, 2.05) is 25.1 Å². The third kappa shape index (κ3) is 3.14. The summed E-state index contributed by atoms with van der Waals surface area (Å²) in [5, 5.41) is 0. The largest absolute Gasteiger partial charge is 0.492 e. The fourth-order valence-corrected chi connectivity index (χ4v) is 1.27. The SMILES string of the molecule is CC#CCCOc1ccccc1CC. The zero-order valence-electron chi connectivity index (χ0n) is 8.84. The molecule has 0 saturated heterocycles. The molecular formula is C13H16O. The average Bonchev–Trinajstić information content (AvgIpc) is 2.25. The molecule has 0 aliphatic heterocycles. The van der Waals surface area contributed by atoms with Crippen molar-refractivity contribution < 1.29 is 4.74 Å². The molecule has 0 unspecified atom stereocenters. The lowest BCUT2D eigenvalue weighted by atomic mass is 10.1. The fraction of sp³-hybridized carbons (Fsp3) is 0.385. The van der Waals surface area contributed by atoms with E-state index in [0.29, 0.717) is 6.61 Å². The summed E-state index contributed by atoms with van der Waals surface area (Å²) in [6.07, 6.45) is 1.81. The molecule has 0 N–H and O–H groups in total. The van der Waals surface area contributed by atoms with E-state index >= 15 is 0 Å². The molecule has 1 rings (SSSR count). The minimum Gasteiger partial charge on any atom is -0.492 e. The van der Waals surface area contributed by atoms with Crippen LogP contribution in [0.4, 0.5) is 0 Å². The molecule has 0 aliphatic carbocycles. The van der Waals surface area contributed by atoms with Crippen molar-refractivity contribution in [2.24, 2.45) is 0 Å². The predicted octanol–water partition coefficient (Wildman–Crippen LogP) is 3.04. The lowest BCUT2D eigenvalue weighted by Gasteiger charge is -2.08. The maximum Gasteiger partial charge on any atom is 0.122 e. The van der Waals surface area contributed by atoms with E-state index < -0.39 is 0 Å². The van der Waals surface area contributed by atoms with Gasteiger partial charge in [0.2, 0.25) is 0 Å². The molecule has 14 heavy (non-hydrogen) atoms. The van der Waals surface area contributed by atoms with Crippen LogP contribution in [0.15, 0.2) is 24.3 Å². The maximum atomic E-state index is 5.63. The second-order valence-corrected chi connectivity index (χ2v) is 2.99. The van der Waals surface area contributed by atoms with Gasteiger partial charge in [-0.2, -0.15) is 0 Å². The van der Waals surface area contributed by atoms with E-state index in [-0.39, 0.29) is 0 Å². The number of hydrogen-bond acceptors (Lipinski definition) is 1. The molecule has 0 spiro atoms. The van der Waals surface area contributed by atoms with Gasteiger partial charge in [0.15, 0.2) is 0 Å². The smallest absolute Gasteiger partial charge is 0.122 e. The Labute approximate surface area is 86.1 Å². The van der Waals surface area contributed by atoms with Gasteiger partial charge in [-0.3, -0.25) is 0 Å². The summed E-state index contributed by atoms with van der Waals surface area (Å²) in [5.41, 5.74) is 1.26. The van der Waals surface area contributed by atoms with Gasteiger partial charge in [-0.25, -0.2) is 0 Å². The summed E-state index contributed by atoms with van der Waals surface area (Å²) in [7, 11) is 0. The van der Waals surface area contributed by atoms with Gasteiger partial charge in [0.05, 0.1) is 6.61 Å². The lowest BCUT2D eigenvalue weighted by molar-refractivity contribution is 0.324. The Morgan fingerprint density at radius 2 is 2.07 bits per heavy atom. The van der Waals surface area contributed by atoms with Crippen LogP contribution in [0.5, 0.6) is 5.75 Å². The van der Waals surface area contributed by atoms with Crippen LogP contribution in [0.2, 0.25) is 0 Å². The highest BCUT2D eigenvalue weighted by Gasteiger charge is 1.98. The van der Waals surface area contributed by atoms with Crippen molar-refractivity contribution in [3.8, 4) is 17.6 Å². The summed E-state index contributed by atoms with van der Waals surface area (Å²) >= 11 is 0. The van der Waals surface area contributed by atoms with Crippen LogP contribution in [0, 0.1) is 11.8 Å². The summed E-state index contributed by atoms with van der Waals surface area (Å²) in [6, 6.07) is 8.15. The predicted molar refractivity (Wildman–Crippen MR) is 59.4 cm³/mol. The zero-order valence-corrected chi connectivity index (χ0v) is 8.84. The number of rotatable bonds is 4. The topological polar surface area (TPSA) is 9.23 Å². The first-order valence-electron chi connectivity index (χ1n) is 4.98. The molecule has 1 heteroatoms. The normalized spacial score (nSPS) is 9.00. The highest BCUT2D eigenvalue weighted by atomic mass is 16.5. The first-order chi connectivity index (χ1) is 6.88. The van der Waals surface area contributed by atoms with Crippen LogP contribution in [-0.4, -0.2) is 6.61 Å². The van der Waals surface area contributed by atoms with Crippen molar-refractivity contribution in [3.63, 3.8) is 0 Å². The van der Waals surface area contributed by atoms with Crippen molar-refractivity contribution >= 4 is 0 Å². The summed E-state index contributed by atoms with van der Waals surface area (Å²) < 4.78 is 5.63. The second kappa shape index (κ2) is 6.10. The van der Waals surface area contributed by atoms with Gasteiger partial charge in [-0.15, -0.1) is 11.8 Å². The van der Waals surface area contributed by atoms with Gasteiger partial charge in [0.1, 0.15) is 5.75 Å². The van der Waals surface area contributed by atoms with Gasteiger partial charge in [0.25, 0.3) is 0 Å². The Morgan fingerprint density at radius 1 is 1.29 bits per heavy atom. The monoisotopic (exact) mass is 188 g/mol. The van der Waals surface area contributed by atoms with Crippen LogP contribution in [0.25, 0.3) is 0 Å². The van der Waals surface area contributed by atoms with Crippen LogP contribution >= 0.6 is 0 Å². The molecule has 0 amide bonds. The lowest BCUT2D eigenvalue weighted by Crippen LogP contribution is -1.98.